The van der Waals surface area contributed by atoms with Crippen LogP contribution >= 0.6 is 12.2 Å². The molecule has 0 spiro atoms. The monoisotopic (exact) mass is 312 g/mol. The van der Waals surface area contributed by atoms with Crippen molar-refractivity contribution in [1.82, 2.24) is 10.6 Å². The summed E-state index contributed by atoms with van der Waals surface area (Å²) in [4.78, 5) is 12.0. The molecule has 2 aromatic carbocycles. The van der Waals surface area contributed by atoms with Crippen molar-refractivity contribution < 1.29 is 4.79 Å². The van der Waals surface area contributed by atoms with Gasteiger partial charge in [0.2, 0.25) is 5.91 Å². The zero-order valence-corrected chi connectivity index (χ0v) is 13.5. The molecular formula is C18H20N2OS. The van der Waals surface area contributed by atoms with E-state index >= 15 is 0 Å². The van der Waals surface area contributed by atoms with Gasteiger partial charge >= 0.3 is 0 Å². The van der Waals surface area contributed by atoms with Gasteiger partial charge < -0.3 is 10.6 Å². The Labute approximate surface area is 136 Å². The second-order valence-corrected chi connectivity index (χ2v) is 5.55. The number of nitrogens with one attached hydrogen (secondary N) is 2. The number of carbonyl (C=O) groups is 1. The predicted molar refractivity (Wildman–Crippen MR) is 93.8 cm³/mol. The summed E-state index contributed by atoms with van der Waals surface area (Å²) in [6.45, 7) is 2.70. The lowest BCUT2D eigenvalue weighted by atomic mass is 10.1. The number of hydrogen-bond acceptors (Lipinski definition) is 2. The first-order valence-corrected chi connectivity index (χ1v) is 7.72. The summed E-state index contributed by atoms with van der Waals surface area (Å²) in [5, 5.41) is 6.17. The summed E-state index contributed by atoms with van der Waals surface area (Å²) in [6, 6.07) is 18.0. The first kappa shape index (κ1) is 16.2. The predicted octanol–water partition coefficient (Wildman–Crippen LogP) is 2.77. The molecule has 0 unspecified atom stereocenters. The Morgan fingerprint density at radius 2 is 1.73 bits per heavy atom. The van der Waals surface area contributed by atoms with Crippen molar-refractivity contribution in [2.24, 2.45) is 0 Å². The van der Waals surface area contributed by atoms with E-state index in [1.807, 2.05) is 49.4 Å². The first-order chi connectivity index (χ1) is 10.6. The van der Waals surface area contributed by atoms with Gasteiger partial charge in [-0.25, -0.2) is 0 Å². The molecule has 0 bridgehead atoms. The van der Waals surface area contributed by atoms with Gasteiger partial charge in [0.15, 0.2) is 5.11 Å². The summed E-state index contributed by atoms with van der Waals surface area (Å²) < 4.78 is 0. The quantitative estimate of drug-likeness (QED) is 0.834. The maximum Gasteiger partial charge on any atom is 0.230 e. The van der Waals surface area contributed by atoms with Crippen LogP contribution in [0.3, 0.4) is 0 Å². The van der Waals surface area contributed by atoms with E-state index in [1.54, 1.807) is 0 Å². The molecule has 0 aromatic heterocycles. The van der Waals surface area contributed by atoms with Crippen LogP contribution in [-0.4, -0.2) is 17.6 Å². The standard InChI is InChI=1S/C18H20N2OS/c1-14-7-5-6-10-16(14)13-17(21)20-18(22)19-12-11-15-8-3-2-4-9-15/h2-10H,11-13H2,1H3,(H2,19,20,21,22). The van der Waals surface area contributed by atoms with Crippen molar-refractivity contribution in [3.05, 3.63) is 71.3 Å². The lowest BCUT2D eigenvalue weighted by Crippen LogP contribution is -2.40. The highest BCUT2D eigenvalue weighted by Crippen LogP contribution is 2.07. The average molecular weight is 312 g/mol. The molecule has 4 heteroatoms. The highest BCUT2D eigenvalue weighted by molar-refractivity contribution is 7.80. The number of amides is 1. The van der Waals surface area contributed by atoms with Gasteiger partial charge in [0, 0.05) is 6.54 Å². The highest BCUT2D eigenvalue weighted by Gasteiger charge is 2.07. The molecule has 0 aliphatic carbocycles. The molecule has 0 saturated carbocycles. The summed E-state index contributed by atoms with van der Waals surface area (Å²) in [7, 11) is 0. The van der Waals surface area contributed by atoms with E-state index in [2.05, 4.69) is 22.8 Å². The van der Waals surface area contributed by atoms with E-state index in [4.69, 9.17) is 12.2 Å². The molecule has 0 aliphatic rings. The van der Waals surface area contributed by atoms with Crippen molar-refractivity contribution in [2.45, 2.75) is 19.8 Å². The van der Waals surface area contributed by atoms with Crippen LogP contribution in [-0.2, 0) is 17.6 Å². The molecular weight excluding hydrogens is 292 g/mol. The Bertz CT molecular complexity index is 641. The summed E-state index contributed by atoms with van der Waals surface area (Å²) in [6.07, 6.45) is 1.21. The Kier molecular flexibility index (Phi) is 6.10. The maximum absolute atomic E-state index is 12.0. The number of hydrogen-bond donors (Lipinski definition) is 2. The van der Waals surface area contributed by atoms with Gasteiger partial charge in [-0.2, -0.15) is 0 Å². The van der Waals surface area contributed by atoms with Crippen LogP contribution in [0.25, 0.3) is 0 Å². The van der Waals surface area contributed by atoms with E-state index < -0.39 is 0 Å². The summed E-state index contributed by atoms with van der Waals surface area (Å²) in [5.74, 6) is -0.0912. The molecule has 0 heterocycles. The zero-order chi connectivity index (χ0) is 15.8. The van der Waals surface area contributed by atoms with E-state index in [1.165, 1.54) is 5.56 Å². The van der Waals surface area contributed by atoms with Gasteiger partial charge in [-0.05, 0) is 42.3 Å². The van der Waals surface area contributed by atoms with Gasteiger partial charge in [0.25, 0.3) is 0 Å². The lowest BCUT2D eigenvalue weighted by molar-refractivity contribution is -0.119. The van der Waals surface area contributed by atoms with Crippen LogP contribution in [0.4, 0.5) is 0 Å². The van der Waals surface area contributed by atoms with Gasteiger partial charge in [-0.3, -0.25) is 4.79 Å². The second kappa shape index (κ2) is 8.29. The zero-order valence-electron chi connectivity index (χ0n) is 12.6. The van der Waals surface area contributed by atoms with Crippen molar-refractivity contribution in [3.8, 4) is 0 Å². The fraction of sp³-hybridized carbons (Fsp3) is 0.222. The maximum atomic E-state index is 12.0. The van der Waals surface area contributed by atoms with Gasteiger partial charge in [0.1, 0.15) is 0 Å². The summed E-state index contributed by atoms with van der Waals surface area (Å²) in [5.41, 5.74) is 3.37. The minimum Gasteiger partial charge on any atom is -0.362 e. The van der Waals surface area contributed by atoms with Crippen molar-refractivity contribution >= 4 is 23.2 Å². The van der Waals surface area contributed by atoms with Crippen molar-refractivity contribution in [2.75, 3.05) is 6.54 Å². The summed E-state index contributed by atoms with van der Waals surface area (Å²) >= 11 is 5.15. The molecule has 0 aliphatic heterocycles. The molecule has 2 rings (SSSR count). The Morgan fingerprint density at radius 3 is 2.45 bits per heavy atom. The molecule has 0 radical (unpaired) electrons. The SMILES string of the molecule is Cc1ccccc1CC(=O)NC(=S)NCCc1ccccc1. The Hall–Kier alpha value is -2.20. The minimum atomic E-state index is -0.0912. The molecule has 2 N–H and O–H groups in total. The third kappa shape index (κ3) is 5.30. The van der Waals surface area contributed by atoms with E-state index in [9.17, 15) is 4.79 Å². The van der Waals surface area contributed by atoms with Crippen molar-refractivity contribution in [3.63, 3.8) is 0 Å². The van der Waals surface area contributed by atoms with Crippen LogP contribution in [0.1, 0.15) is 16.7 Å². The first-order valence-electron chi connectivity index (χ1n) is 7.31. The Balaban J connectivity index is 1.72. The van der Waals surface area contributed by atoms with Crippen LogP contribution in [0.15, 0.2) is 54.6 Å². The highest BCUT2D eigenvalue weighted by atomic mass is 32.1. The van der Waals surface area contributed by atoms with E-state index in [0.29, 0.717) is 18.1 Å². The number of thiocarbonyl (C=S) groups is 1. The largest absolute Gasteiger partial charge is 0.362 e. The molecule has 0 saturated heterocycles. The minimum absolute atomic E-state index is 0.0912. The molecule has 0 fully saturated rings. The lowest BCUT2D eigenvalue weighted by Gasteiger charge is -2.10. The normalized spacial score (nSPS) is 10.0. The average Bonchev–Trinajstić information content (AvgIpc) is 2.50. The van der Waals surface area contributed by atoms with E-state index in [-0.39, 0.29) is 5.91 Å². The van der Waals surface area contributed by atoms with E-state index in [0.717, 1.165) is 17.5 Å². The topological polar surface area (TPSA) is 41.1 Å². The second-order valence-electron chi connectivity index (χ2n) is 5.14. The fourth-order valence-electron chi connectivity index (χ4n) is 2.16. The third-order valence-corrected chi connectivity index (χ3v) is 3.65. The van der Waals surface area contributed by atoms with Crippen LogP contribution in [0, 0.1) is 6.92 Å². The fourth-order valence-corrected chi connectivity index (χ4v) is 2.38. The molecule has 1 amide bonds. The van der Waals surface area contributed by atoms with Gasteiger partial charge in [-0.1, -0.05) is 54.6 Å². The molecule has 2 aromatic rings. The van der Waals surface area contributed by atoms with Crippen LogP contribution in [0.2, 0.25) is 0 Å². The molecule has 3 nitrogen and oxygen atoms in total. The van der Waals surface area contributed by atoms with Crippen LogP contribution in [0.5, 0.6) is 0 Å². The number of benzene rings is 2. The van der Waals surface area contributed by atoms with Crippen LogP contribution < -0.4 is 10.6 Å². The molecule has 0 atom stereocenters. The van der Waals surface area contributed by atoms with Gasteiger partial charge in [-0.15, -0.1) is 0 Å². The smallest absolute Gasteiger partial charge is 0.230 e. The molecule has 22 heavy (non-hydrogen) atoms. The third-order valence-electron chi connectivity index (χ3n) is 3.41. The number of aryl methyl sites for hydroxylation is 1. The van der Waals surface area contributed by atoms with Gasteiger partial charge in [0.05, 0.1) is 6.42 Å². The van der Waals surface area contributed by atoms with Crippen molar-refractivity contribution in [1.29, 1.82) is 0 Å². The molecule has 114 valence electrons. The Morgan fingerprint density at radius 1 is 1.05 bits per heavy atom. The number of rotatable bonds is 5. The number of carbonyl (C=O) groups excluding carboxylic acids is 1.